The Morgan fingerprint density at radius 3 is 2.05 bits per heavy atom. The lowest BCUT2D eigenvalue weighted by Crippen LogP contribution is -2.52. The molecule has 3 amide bonds. The highest BCUT2D eigenvalue weighted by Gasteiger charge is 2.23. The third kappa shape index (κ3) is 6.57. The van der Waals surface area contributed by atoms with Gasteiger partial charge >= 0.3 is 18.0 Å². The zero-order valence-electron chi connectivity index (χ0n) is 11.5. The molecular formula is C11H19N3O6. The van der Waals surface area contributed by atoms with Gasteiger partial charge < -0.3 is 25.7 Å². The summed E-state index contributed by atoms with van der Waals surface area (Å²) in [6.45, 7) is 1.45. The predicted molar refractivity (Wildman–Crippen MR) is 68.1 cm³/mol. The molecule has 0 heterocycles. The number of rotatable bonds is 7. The van der Waals surface area contributed by atoms with Gasteiger partial charge in [-0.25, -0.2) is 9.59 Å². The predicted octanol–water partition coefficient (Wildman–Crippen LogP) is -0.920. The molecular weight excluding hydrogens is 270 g/mol. The Morgan fingerprint density at radius 1 is 1.10 bits per heavy atom. The van der Waals surface area contributed by atoms with E-state index in [9.17, 15) is 19.2 Å². The van der Waals surface area contributed by atoms with Crippen LogP contribution in [0.4, 0.5) is 4.79 Å². The van der Waals surface area contributed by atoms with Gasteiger partial charge in [-0.3, -0.25) is 9.59 Å². The van der Waals surface area contributed by atoms with Gasteiger partial charge in [-0.15, -0.1) is 0 Å². The summed E-state index contributed by atoms with van der Waals surface area (Å²) in [6, 6.07) is -2.99. The number of carboxylic acid groups (broad SMARTS) is 2. The summed E-state index contributed by atoms with van der Waals surface area (Å²) < 4.78 is 0. The number of urea groups is 1. The number of carbonyl (C=O) groups is 4. The maximum atomic E-state index is 11.5. The number of amides is 3. The van der Waals surface area contributed by atoms with Crippen LogP contribution in [-0.2, 0) is 14.4 Å². The number of likely N-dealkylation sites (N-methyl/N-ethyl adjacent to an activating group) is 1. The van der Waals surface area contributed by atoms with Gasteiger partial charge in [-0.05, 0) is 13.3 Å². The minimum atomic E-state index is -1.34. The van der Waals surface area contributed by atoms with Gasteiger partial charge in [-0.2, -0.15) is 0 Å². The Hall–Kier alpha value is -2.32. The average Bonchev–Trinajstić information content (AvgIpc) is 2.32. The van der Waals surface area contributed by atoms with Crippen LogP contribution in [0.2, 0.25) is 0 Å². The van der Waals surface area contributed by atoms with Crippen LogP contribution in [-0.4, -0.2) is 65.2 Å². The van der Waals surface area contributed by atoms with Crippen molar-refractivity contribution in [1.29, 1.82) is 0 Å². The molecule has 114 valence electrons. The summed E-state index contributed by atoms with van der Waals surface area (Å²) in [6.07, 6.45) is -0.627. The SMILES string of the molecule is CC(NC(=O)NC(CCC(=O)O)C(=O)O)C(=O)N(C)C. The Bertz CT molecular complexity index is 396. The summed E-state index contributed by atoms with van der Waals surface area (Å²) in [5.41, 5.74) is 0. The molecule has 20 heavy (non-hydrogen) atoms. The van der Waals surface area contributed by atoms with Crippen molar-refractivity contribution in [2.24, 2.45) is 0 Å². The van der Waals surface area contributed by atoms with Crippen LogP contribution in [0, 0.1) is 0 Å². The highest BCUT2D eigenvalue weighted by atomic mass is 16.4. The molecule has 4 N–H and O–H groups in total. The Kier molecular flexibility index (Phi) is 7.05. The van der Waals surface area contributed by atoms with E-state index in [4.69, 9.17) is 10.2 Å². The standard InChI is InChI=1S/C11H19N3O6/c1-6(9(17)14(2)3)12-11(20)13-7(10(18)19)4-5-8(15)16/h6-7H,4-5H2,1-3H3,(H,15,16)(H,18,19)(H2,12,13,20). The van der Waals surface area contributed by atoms with Crippen molar-refractivity contribution in [2.75, 3.05) is 14.1 Å². The highest BCUT2D eigenvalue weighted by molar-refractivity contribution is 5.88. The molecule has 0 aliphatic rings. The summed E-state index contributed by atoms with van der Waals surface area (Å²) in [5.74, 6) is -2.85. The molecule has 0 bridgehead atoms. The molecule has 9 nitrogen and oxygen atoms in total. The van der Waals surface area contributed by atoms with Crippen LogP contribution in [0.25, 0.3) is 0 Å². The monoisotopic (exact) mass is 289 g/mol. The van der Waals surface area contributed by atoms with Gasteiger partial charge in [-0.1, -0.05) is 0 Å². The smallest absolute Gasteiger partial charge is 0.326 e. The third-order valence-electron chi connectivity index (χ3n) is 2.41. The molecule has 0 aromatic heterocycles. The van der Waals surface area contributed by atoms with Crippen molar-refractivity contribution in [3.05, 3.63) is 0 Å². The van der Waals surface area contributed by atoms with Crippen molar-refractivity contribution in [3.63, 3.8) is 0 Å². The quantitative estimate of drug-likeness (QED) is 0.478. The molecule has 0 spiro atoms. The maximum Gasteiger partial charge on any atom is 0.326 e. The molecule has 0 aromatic rings. The van der Waals surface area contributed by atoms with Crippen LogP contribution < -0.4 is 10.6 Å². The fourth-order valence-electron chi connectivity index (χ4n) is 1.37. The van der Waals surface area contributed by atoms with Gasteiger partial charge in [0, 0.05) is 20.5 Å². The normalized spacial score (nSPS) is 12.9. The lowest BCUT2D eigenvalue weighted by atomic mass is 10.1. The van der Waals surface area contributed by atoms with Crippen molar-refractivity contribution >= 4 is 23.9 Å². The van der Waals surface area contributed by atoms with Crippen molar-refractivity contribution in [3.8, 4) is 0 Å². The molecule has 0 fully saturated rings. The topological polar surface area (TPSA) is 136 Å². The minimum absolute atomic E-state index is 0.242. The first-order chi connectivity index (χ1) is 9.15. The van der Waals surface area contributed by atoms with E-state index in [2.05, 4.69) is 10.6 Å². The second kappa shape index (κ2) is 7.97. The lowest BCUT2D eigenvalue weighted by Gasteiger charge is -2.20. The third-order valence-corrected chi connectivity index (χ3v) is 2.41. The first-order valence-corrected chi connectivity index (χ1v) is 5.88. The fraction of sp³-hybridized carbons (Fsp3) is 0.636. The van der Waals surface area contributed by atoms with Crippen molar-refractivity contribution < 1.29 is 29.4 Å². The van der Waals surface area contributed by atoms with Gasteiger partial charge in [0.15, 0.2) is 0 Å². The molecule has 2 unspecified atom stereocenters. The number of aliphatic carboxylic acids is 2. The van der Waals surface area contributed by atoms with E-state index in [1.165, 1.54) is 25.9 Å². The van der Waals surface area contributed by atoms with Crippen LogP contribution in [0.5, 0.6) is 0 Å². The second-order valence-electron chi connectivity index (χ2n) is 4.40. The van der Waals surface area contributed by atoms with E-state index >= 15 is 0 Å². The summed E-state index contributed by atoms with van der Waals surface area (Å²) in [5, 5.41) is 21.7. The van der Waals surface area contributed by atoms with Gasteiger partial charge in [0.25, 0.3) is 0 Å². The Balaban J connectivity index is 4.43. The second-order valence-corrected chi connectivity index (χ2v) is 4.40. The Labute approximate surface area is 115 Å². The number of carbonyl (C=O) groups excluding carboxylic acids is 2. The first kappa shape index (κ1) is 17.7. The van der Waals surface area contributed by atoms with E-state index in [0.717, 1.165) is 0 Å². The van der Waals surface area contributed by atoms with Gasteiger partial charge in [0.2, 0.25) is 5.91 Å². The zero-order valence-corrected chi connectivity index (χ0v) is 11.5. The maximum absolute atomic E-state index is 11.5. The molecule has 0 saturated carbocycles. The molecule has 9 heteroatoms. The number of hydrogen-bond acceptors (Lipinski definition) is 4. The first-order valence-electron chi connectivity index (χ1n) is 5.88. The van der Waals surface area contributed by atoms with E-state index < -0.39 is 30.1 Å². The summed E-state index contributed by atoms with van der Waals surface area (Å²) >= 11 is 0. The summed E-state index contributed by atoms with van der Waals surface area (Å²) in [4.78, 5) is 45.6. The van der Waals surface area contributed by atoms with Gasteiger partial charge in [0.05, 0.1) is 0 Å². The number of nitrogens with zero attached hydrogens (tertiary/aromatic N) is 1. The van der Waals surface area contributed by atoms with Gasteiger partial charge in [0.1, 0.15) is 12.1 Å². The number of hydrogen-bond donors (Lipinski definition) is 4. The molecule has 0 aliphatic heterocycles. The van der Waals surface area contributed by atoms with E-state index in [1.807, 2.05) is 0 Å². The average molecular weight is 289 g/mol. The number of nitrogens with one attached hydrogen (secondary N) is 2. The van der Waals surface area contributed by atoms with Crippen LogP contribution in [0.1, 0.15) is 19.8 Å². The summed E-state index contributed by atoms with van der Waals surface area (Å²) in [7, 11) is 3.04. The number of carboxylic acids is 2. The molecule has 0 aliphatic carbocycles. The van der Waals surface area contributed by atoms with E-state index in [-0.39, 0.29) is 18.7 Å². The van der Waals surface area contributed by atoms with Crippen LogP contribution in [0.3, 0.4) is 0 Å². The minimum Gasteiger partial charge on any atom is -0.481 e. The highest BCUT2D eigenvalue weighted by Crippen LogP contribution is 1.98. The molecule has 0 rings (SSSR count). The zero-order chi connectivity index (χ0) is 15.9. The molecule has 0 saturated heterocycles. The van der Waals surface area contributed by atoms with Crippen molar-refractivity contribution in [1.82, 2.24) is 15.5 Å². The molecule has 0 radical (unpaired) electrons. The largest absolute Gasteiger partial charge is 0.481 e. The van der Waals surface area contributed by atoms with E-state index in [1.54, 1.807) is 0 Å². The fourth-order valence-corrected chi connectivity index (χ4v) is 1.37. The van der Waals surface area contributed by atoms with Crippen molar-refractivity contribution in [2.45, 2.75) is 31.8 Å². The lowest BCUT2D eigenvalue weighted by molar-refractivity contribution is -0.140. The molecule has 0 aromatic carbocycles. The van der Waals surface area contributed by atoms with Crippen LogP contribution in [0.15, 0.2) is 0 Å². The van der Waals surface area contributed by atoms with Crippen LogP contribution >= 0.6 is 0 Å². The Morgan fingerprint density at radius 2 is 1.65 bits per heavy atom. The molecule has 2 atom stereocenters. The van der Waals surface area contributed by atoms with E-state index in [0.29, 0.717) is 0 Å².